The summed E-state index contributed by atoms with van der Waals surface area (Å²) in [4.78, 5) is 14.6. The van der Waals surface area contributed by atoms with E-state index in [1.165, 1.54) is 9.80 Å². The number of carbonyl (C=O) groups is 1. The number of nitrogens with two attached hydrogens (primary N) is 1. The van der Waals surface area contributed by atoms with E-state index in [0.717, 1.165) is 12.8 Å². The first kappa shape index (κ1) is 13.1. The first-order valence-corrected chi connectivity index (χ1v) is 6.02. The van der Waals surface area contributed by atoms with Crippen LogP contribution in [-0.2, 0) is 9.53 Å². The SMILES string of the molecule is CCOC(=O)C1=C(N)N(C)C(O)N(C2CC2)C1O. The number of aliphatic hydroxyl groups is 2. The standard InChI is InChI=1S/C11H19N3O4/c1-3-18-10(16)7-8(12)13(2)11(17)14(9(7)15)6-4-5-6/h6,9,11,15,17H,3-5,12H2,1-2H3. The summed E-state index contributed by atoms with van der Waals surface area (Å²) < 4.78 is 4.88. The van der Waals surface area contributed by atoms with Gasteiger partial charge in [0, 0.05) is 13.1 Å². The van der Waals surface area contributed by atoms with Crippen LogP contribution < -0.4 is 5.73 Å². The van der Waals surface area contributed by atoms with Crippen LogP contribution >= 0.6 is 0 Å². The lowest BCUT2D eigenvalue weighted by Gasteiger charge is -2.43. The lowest BCUT2D eigenvalue weighted by molar-refractivity contribution is -0.172. The van der Waals surface area contributed by atoms with E-state index in [9.17, 15) is 15.0 Å². The summed E-state index contributed by atoms with van der Waals surface area (Å²) in [5.41, 5.74) is 5.77. The largest absolute Gasteiger partial charge is 0.462 e. The minimum Gasteiger partial charge on any atom is -0.462 e. The van der Waals surface area contributed by atoms with Gasteiger partial charge in [0.1, 0.15) is 17.6 Å². The topological polar surface area (TPSA) is 99.3 Å². The van der Waals surface area contributed by atoms with Crippen molar-refractivity contribution in [3.63, 3.8) is 0 Å². The van der Waals surface area contributed by atoms with Crippen LogP contribution in [0.5, 0.6) is 0 Å². The molecule has 2 unspecified atom stereocenters. The molecular formula is C11H19N3O4. The number of nitrogens with zero attached hydrogens (tertiary/aromatic N) is 2. The van der Waals surface area contributed by atoms with Crippen molar-refractivity contribution in [3.8, 4) is 0 Å². The van der Waals surface area contributed by atoms with E-state index in [1.807, 2.05) is 0 Å². The van der Waals surface area contributed by atoms with E-state index in [1.54, 1.807) is 14.0 Å². The maximum Gasteiger partial charge on any atom is 0.341 e. The van der Waals surface area contributed by atoms with Crippen LogP contribution in [0.2, 0.25) is 0 Å². The zero-order valence-electron chi connectivity index (χ0n) is 10.5. The second-order valence-corrected chi connectivity index (χ2v) is 4.53. The summed E-state index contributed by atoms with van der Waals surface area (Å²) in [6.07, 6.45) is -0.468. The van der Waals surface area contributed by atoms with E-state index in [2.05, 4.69) is 0 Å². The van der Waals surface area contributed by atoms with Gasteiger partial charge in [0.05, 0.1) is 6.61 Å². The van der Waals surface area contributed by atoms with Gasteiger partial charge in [0.2, 0.25) is 0 Å². The molecule has 1 heterocycles. The molecule has 1 aliphatic heterocycles. The third-order valence-corrected chi connectivity index (χ3v) is 3.27. The Kier molecular flexibility index (Phi) is 3.47. The first-order chi connectivity index (χ1) is 8.49. The van der Waals surface area contributed by atoms with Gasteiger partial charge in [-0.05, 0) is 19.8 Å². The minimum absolute atomic E-state index is 0.00319. The van der Waals surface area contributed by atoms with Gasteiger partial charge in [-0.25, -0.2) is 9.69 Å². The van der Waals surface area contributed by atoms with Crippen molar-refractivity contribution in [1.82, 2.24) is 9.80 Å². The summed E-state index contributed by atoms with van der Waals surface area (Å²) in [6, 6.07) is 0.0787. The Labute approximate surface area is 105 Å². The average molecular weight is 257 g/mol. The van der Waals surface area contributed by atoms with Crippen molar-refractivity contribution >= 4 is 5.97 Å². The molecule has 0 bridgehead atoms. The highest BCUT2D eigenvalue weighted by Gasteiger charge is 2.46. The van der Waals surface area contributed by atoms with E-state index in [0.29, 0.717) is 0 Å². The zero-order valence-corrected chi connectivity index (χ0v) is 10.5. The number of esters is 1. The smallest absolute Gasteiger partial charge is 0.341 e. The monoisotopic (exact) mass is 257 g/mol. The van der Waals surface area contributed by atoms with Gasteiger partial charge in [-0.1, -0.05) is 0 Å². The van der Waals surface area contributed by atoms with Gasteiger partial charge >= 0.3 is 5.97 Å². The number of hydrogen-bond acceptors (Lipinski definition) is 7. The predicted molar refractivity (Wildman–Crippen MR) is 62.5 cm³/mol. The lowest BCUT2D eigenvalue weighted by Crippen LogP contribution is -2.59. The molecule has 18 heavy (non-hydrogen) atoms. The molecule has 7 nitrogen and oxygen atoms in total. The highest BCUT2D eigenvalue weighted by Crippen LogP contribution is 2.35. The molecule has 0 aromatic rings. The van der Waals surface area contributed by atoms with Crippen LogP contribution in [0.3, 0.4) is 0 Å². The van der Waals surface area contributed by atoms with Gasteiger partial charge in [0.25, 0.3) is 0 Å². The predicted octanol–water partition coefficient (Wildman–Crippen LogP) is -1.28. The molecular weight excluding hydrogens is 238 g/mol. The third kappa shape index (κ3) is 2.05. The van der Waals surface area contributed by atoms with Gasteiger partial charge in [-0.2, -0.15) is 0 Å². The maximum atomic E-state index is 11.8. The van der Waals surface area contributed by atoms with E-state index in [4.69, 9.17) is 10.5 Å². The Bertz CT molecular complexity index is 380. The molecule has 0 amide bonds. The molecule has 0 aromatic heterocycles. The highest BCUT2D eigenvalue weighted by molar-refractivity contribution is 5.90. The normalized spacial score (nSPS) is 29.7. The Morgan fingerprint density at radius 3 is 2.61 bits per heavy atom. The molecule has 0 spiro atoms. The molecule has 7 heteroatoms. The average Bonchev–Trinajstić information content (AvgIpc) is 3.11. The second-order valence-electron chi connectivity index (χ2n) is 4.53. The Hall–Kier alpha value is -1.31. The molecule has 2 atom stereocenters. The van der Waals surface area contributed by atoms with Crippen LogP contribution in [0.4, 0.5) is 0 Å². The summed E-state index contributed by atoms with van der Waals surface area (Å²) >= 11 is 0. The third-order valence-electron chi connectivity index (χ3n) is 3.27. The Morgan fingerprint density at radius 2 is 2.11 bits per heavy atom. The number of hydrogen-bond donors (Lipinski definition) is 3. The van der Waals surface area contributed by atoms with Crippen LogP contribution in [0.1, 0.15) is 19.8 Å². The number of aliphatic hydroxyl groups excluding tert-OH is 2. The zero-order chi connectivity index (χ0) is 13.4. The first-order valence-electron chi connectivity index (χ1n) is 6.02. The van der Waals surface area contributed by atoms with Crippen LogP contribution in [-0.4, -0.2) is 58.3 Å². The fourth-order valence-electron chi connectivity index (χ4n) is 2.10. The number of ether oxygens (including phenoxy) is 1. The van der Waals surface area contributed by atoms with Gasteiger partial charge < -0.3 is 25.6 Å². The molecule has 0 saturated heterocycles. The van der Waals surface area contributed by atoms with Gasteiger partial charge in [-0.15, -0.1) is 0 Å². The molecule has 1 saturated carbocycles. The van der Waals surface area contributed by atoms with Crippen molar-refractivity contribution in [2.75, 3.05) is 13.7 Å². The fourth-order valence-corrected chi connectivity index (χ4v) is 2.10. The molecule has 2 aliphatic rings. The summed E-state index contributed by atoms with van der Waals surface area (Å²) in [6.45, 7) is 1.89. The van der Waals surface area contributed by atoms with E-state index >= 15 is 0 Å². The van der Waals surface area contributed by atoms with Gasteiger partial charge in [0.15, 0.2) is 6.35 Å². The van der Waals surface area contributed by atoms with Crippen LogP contribution in [0.25, 0.3) is 0 Å². The Morgan fingerprint density at radius 1 is 1.50 bits per heavy atom. The van der Waals surface area contributed by atoms with Crippen molar-refractivity contribution in [3.05, 3.63) is 11.4 Å². The summed E-state index contributed by atoms with van der Waals surface area (Å²) in [5, 5.41) is 20.2. The quantitative estimate of drug-likeness (QED) is 0.542. The van der Waals surface area contributed by atoms with Crippen LogP contribution in [0, 0.1) is 0 Å². The minimum atomic E-state index is -1.22. The Balaban J connectivity index is 2.31. The molecule has 1 fully saturated rings. The molecule has 102 valence electrons. The second kappa shape index (κ2) is 4.75. The van der Waals surface area contributed by atoms with Crippen molar-refractivity contribution in [2.45, 2.75) is 38.4 Å². The molecule has 4 N–H and O–H groups in total. The van der Waals surface area contributed by atoms with Crippen molar-refractivity contribution in [2.24, 2.45) is 5.73 Å². The lowest BCUT2D eigenvalue weighted by atomic mass is 10.1. The van der Waals surface area contributed by atoms with Crippen molar-refractivity contribution < 1.29 is 19.7 Å². The summed E-state index contributed by atoms with van der Waals surface area (Å²) in [7, 11) is 1.57. The van der Waals surface area contributed by atoms with E-state index in [-0.39, 0.29) is 24.0 Å². The highest BCUT2D eigenvalue weighted by atomic mass is 16.5. The number of rotatable bonds is 3. The maximum absolute atomic E-state index is 11.8. The van der Waals surface area contributed by atoms with E-state index < -0.39 is 18.5 Å². The van der Waals surface area contributed by atoms with Crippen molar-refractivity contribution in [1.29, 1.82) is 0 Å². The summed E-state index contributed by atoms with van der Waals surface area (Å²) in [5.74, 6) is -0.600. The molecule has 1 aliphatic carbocycles. The molecule has 2 rings (SSSR count). The fraction of sp³-hybridized carbons (Fsp3) is 0.727. The van der Waals surface area contributed by atoms with Gasteiger partial charge in [-0.3, -0.25) is 0 Å². The molecule has 0 aromatic carbocycles. The number of carbonyl (C=O) groups excluding carboxylic acids is 1. The molecule has 0 radical (unpaired) electrons. The van der Waals surface area contributed by atoms with Crippen LogP contribution in [0.15, 0.2) is 11.4 Å².